The van der Waals surface area contributed by atoms with Crippen LogP contribution in [0, 0.1) is 0 Å². The molecule has 1 aliphatic heterocycles. The van der Waals surface area contributed by atoms with Crippen molar-refractivity contribution in [2.75, 3.05) is 0 Å². The monoisotopic (exact) mass is 286 g/mol. The molecule has 1 aliphatic rings. The van der Waals surface area contributed by atoms with Gasteiger partial charge in [0.25, 0.3) is 0 Å². The van der Waals surface area contributed by atoms with Crippen LogP contribution >= 0.6 is 0 Å². The van der Waals surface area contributed by atoms with E-state index in [4.69, 9.17) is 4.74 Å². The first-order valence-electron chi connectivity index (χ1n) is 6.49. The fraction of sp³-hybridized carbons (Fsp3) is 0.267. The summed E-state index contributed by atoms with van der Waals surface area (Å²) in [5.41, 5.74) is 0.364. The van der Waals surface area contributed by atoms with Crippen molar-refractivity contribution in [1.82, 2.24) is 9.55 Å². The Morgan fingerprint density at radius 2 is 2.10 bits per heavy atom. The third-order valence-corrected chi connectivity index (χ3v) is 3.65. The number of cyclic esters (lactones) is 1. The molecule has 1 aromatic heterocycles. The summed E-state index contributed by atoms with van der Waals surface area (Å²) in [6.45, 7) is 3.52. The quantitative estimate of drug-likeness (QED) is 0.855. The Morgan fingerprint density at radius 1 is 1.38 bits per heavy atom. The number of carbonyl (C=O) groups excluding carboxylic acids is 1. The second-order valence-electron chi connectivity index (χ2n) is 5.47. The number of carboxylic acid groups (broad SMARTS) is 1. The van der Waals surface area contributed by atoms with Gasteiger partial charge in [-0.3, -0.25) is 0 Å². The van der Waals surface area contributed by atoms with Gasteiger partial charge in [0.05, 0.1) is 18.1 Å². The van der Waals surface area contributed by atoms with Gasteiger partial charge in [-0.15, -0.1) is 0 Å². The SMILES string of the molecule is CC1(C)OC(=O)c2ccccc2C1n1cncc1C(=O)O. The van der Waals surface area contributed by atoms with E-state index in [1.165, 1.54) is 17.1 Å². The molecule has 21 heavy (non-hydrogen) atoms. The Labute approximate surface area is 121 Å². The first-order valence-corrected chi connectivity index (χ1v) is 6.49. The molecular weight excluding hydrogens is 272 g/mol. The van der Waals surface area contributed by atoms with Crippen molar-refractivity contribution in [3.63, 3.8) is 0 Å². The number of nitrogens with zero attached hydrogens (tertiary/aromatic N) is 2. The normalized spacial score (nSPS) is 19.7. The molecule has 0 saturated carbocycles. The van der Waals surface area contributed by atoms with Crippen LogP contribution in [0.5, 0.6) is 0 Å². The van der Waals surface area contributed by atoms with E-state index < -0.39 is 23.6 Å². The van der Waals surface area contributed by atoms with Crippen LogP contribution in [0.4, 0.5) is 0 Å². The molecule has 2 aromatic rings. The number of ether oxygens (including phenoxy) is 1. The summed E-state index contributed by atoms with van der Waals surface area (Å²) in [4.78, 5) is 27.3. The van der Waals surface area contributed by atoms with Gasteiger partial charge in [0.2, 0.25) is 0 Å². The average Bonchev–Trinajstić information content (AvgIpc) is 2.87. The Balaban J connectivity index is 2.24. The number of hydrogen-bond donors (Lipinski definition) is 1. The Kier molecular flexibility index (Phi) is 2.83. The van der Waals surface area contributed by atoms with Crippen molar-refractivity contribution < 1.29 is 19.4 Å². The molecule has 108 valence electrons. The number of aromatic carboxylic acids is 1. The fourth-order valence-electron chi connectivity index (χ4n) is 2.81. The van der Waals surface area contributed by atoms with Crippen LogP contribution in [0.1, 0.15) is 46.3 Å². The van der Waals surface area contributed by atoms with E-state index in [2.05, 4.69) is 4.98 Å². The predicted octanol–water partition coefficient (Wildman–Crippen LogP) is 2.12. The van der Waals surface area contributed by atoms with Crippen LogP contribution in [0.25, 0.3) is 0 Å². The number of rotatable bonds is 2. The smallest absolute Gasteiger partial charge is 0.354 e. The van der Waals surface area contributed by atoms with Crippen molar-refractivity contribution in [3.8, 4) is 0 Å². The topological polar surface area (TPSA) is 81.4 Å². The maximum absolute atomic E-state index is 12.1. The minimum absolute atomic E-state index is 0.0563. The van der Waals surface area contributed by atoms with Gasteiger partial charge in [-0.2, -0.15) is 0 Å². The van der Waals surface area contributed by atoms with Crippen molar-refractivity contribution in [1.29, 1.82) is 0 Å². The molecular formula is C15H14N2O4. The number of hydrogen-bond acceptors (Lipinski definition) is 4. The number of aromatic nitrogens is 2. The second kappa shape index (κ2) is 4.44. The number of carbonyl (C=O) groups is 2. The molecule has 1 aromatic carbocycles. The van der Waals surface area contributed by atoms with Gasteiger partial charge in [-0.05, 0) is 25.5 Å². The summed E-state index contributed by atoms with van der Waals surface area (Å²) in [6.07, 6.45) is 2.74. The van der Waals surface area contributed by atoms with Crippen LogP contribution in [-0.2, 0) is 4.74 Å². The molecule has 0 amide bonds. The van der Waals surface area contributed by atoms with Crippen LogP contribution in [0.15, 0.2) is 36.8 Å². The van der Waals surface area contributed by atoms with Crippen LogP contribution < -0.4 is 0 Å². The van der Waals surface area contributed by atoms with Crippen LogP contribution in [-0.4, -0.2) is 32.2 Å². The van der Waals surface area contributed by atoms with E-state index in [1.807, 2.05) is 12.1 Å². The Hall–Kier alpha value is -2.63. The van der Waals surface area contributed by atoms with Crippen LogP contribution in [0.3, 0.4) is 0 Å². The molecule has 0 spiro atoms. The van der Waals surface area contributed by atoms with Gasteiger partial charge >= 0.3 is 11.9 Å². The molecule has 6 heteroatoms. The van der Waals surface area contributed by atoms with Crippen molar-refractivity contribution >= 4 is 11.9 Å². The molecule has 2 heterocycles. The summed E-state index contributed by atoms with van der Waals surface area (Å²) in [5, 5.41) is 9.29. The molecule has 0 saturated heterocycles. The second-order valence-corrected chi connectivity index (χ2v) is 5.47. The summed E-state index contributed by atoms with van der Waals surface area (Å²) in [7, 11) is 0. The van der Waals surface area contributed by atoms with E-state index in [9.17, 15) is 14.7 Å². The first kappa shape index (κ1) is 13.4. The highest BCUT2D eigenvalue weighted by atomic mass is 16.6. The zero-order valence-electron chi connectivity index (χ0n) is 11.6. The molecule has 1 N–H and O–H groups in total. The van der Waals surface area contributed by atoms with E-state index >= 15 is 0 Å². The van der Waals surface area contributed by atoms with E-state index in [1.54, 1.807) is 26.0 Å². The van der Waals surface area contributed by atoms with Gasteiger partial charge < -0.3 is 14.4 Å². The lowest BCUT2D eigenvalue weighted by molar-refractivity contribution is -0.0264. The highest BCUT2D eigenvalue weighted by molar-refractivity contribution is 5.93. The number of benzene rings is 1. The molecule has 0 radical (unpaired) electrons. The van der Waals surface area contributed by atoms with E-state index in [0.717, 1.165) is 5.56 Å². The third-order valence-electron chi connectivity index (χ3n) is 3.65. The summed E-state index contributed by atoms with van der Waals surface area (Å²) >= 11 is 0. The van der Waals surface area contributed by atoms with Crippen LogP contribution in [0.2, 0.25) is 0 Å². The highest BCUT2D eigenvalue weighted by Crippen LogP contribution is 2.40. The van der Waals surface area contributed by atoms with Crippen molar-refractivity contribution in [2.24, 2.45) is 0 Å². The summed E-state index contributed by atoms with van der Waals surface area (Å²) in [5.74, 6) is -1.47. The maximum Gasteiger partial charge on any atom is 0.354 e. The van der Waals surface area contributed by atoms with Gasteiger partial charge in [-0.25, -0.2) is 14.6 Å². The van der Waals surface area contributed by atoms with Gasteiger partial charge in [0.15, 0.2) is 0 Å². The lowest BCUT2D eigenvalue weighted by Crippen LogP contribution is -2.44. The van der Waals surface area contributed by atoms with Gasteiger partial charge in [0.1, 0.15) is 17.3 Å². The maximum atomic E-state index is 12.1. The largest absolute Gasteiger partial charge is 0.477 e. The van der Waals surface area contributed by atoms with E-state index in [0.29, 0.717) is 5.56 Å². The zero-order valence-corrected chi connectivity index (χ0v) is 11.6. The molecule has 0 aliphatic carbocycles. The van der Waals surface area contributed by atoms with Crippen molar-refractivity contribution in [2.45, 2.75) is 25.5 Å². The number of fused-ring (bicyclic) bond motifs is 1. The molecule has 0 bridgehead atoms. The van der Waals surface area contributed by atoms with Crippen molar-refractivity contribution in [3.05, 3.63) is 53.6 Å². The summed E-state index contributed by atoms with van der Waals surface area (Å²) < 4.78 is 7.03. The molecule has 1 atom stereocenters. The highest BCUT2D eigenvalue weighted by Gasteiger charge is 2.43. The number of carboxylic acids is 1. The third kappa shape index (κ3) is 1.99. The summed E-state index contributed by atoms with van der Waals surface area (Å²) in [6, 6.07) is 6.62. The fourth-order valence-corrected chi connectivity index (χ4v) is 2.81. The Morgan fingerprint density at radius 3 is 2.81 bits per heavy atom. The molecule has 3 rings (SSSR count). The minimum atomic E-state index is -1.07. The number of imidazole rings is 1. The standard InChI is InChI=1S/C15H14N2O4/c1-15(2)12(17-8-16-7-11(17)13(18)19)9-5-3-4-6-10(9)14(20)21-15/h3-8,12H,1-2H3,(H,18,19). The lowest BCUT2D eigenvalue weighted by Gasteiger charge is -2.40. The predicted molar refractivity (Wildman–Crippen MR) is 73.3 cm³/mol. The van der Waals surface area contributed by atoms with E-state index in [-0.39, 0.29) is 5.69 Å². The zero-order chi connectivity index (χ0) is 15.2. The molecule has 0 fully saturated rings. The minimum Gasteiger partial charge on any atom is -0.477 e. The average molecular weight is 286 g/mol. The molecule has 1 unspecified atom stereocenters. The lowest BCUT2D eigenvalue weighted by atomic mass is 9.85. The first-order chi connectivity index (χ1) is 9.92. The number of esters is 1. The van der Waals surface area contributed by atoms with Gasteiger partial charge in [-0.1, -0.05) is 18.2 Å². The Bertz CT molecular complexity index is 733. The molecule has 6 nitrogen and oxygen atoms in total. The van der Waals surface area contributed by atoms with Gasteiger partial charge in [0, 0.05) is 0 Å².